The van der Waals surface area contributed by atoms with Crippen LogP contribution in [-0.2, 0) is 19.5 Å². The number of amides is 3. The monoisotopic (exact) mass is 346 g/mol. The van der Waals surface area contributed by atoms with Gasteiger partial charge in [0.1, 0.15) is 17.3 Å². The highest BCUT2D eigenvalue weighted by molar-refractivity contribution is 5.96. The van der Waals surface area contributed by atoms with Crippen molar-refractivity contribution in [3.8, 4) is 0 Å². The first-order valence-electron chi connectivity index (χ1n) is 8.37. The number of furan rings is 1. The number of nitrogens with zero attached hydrogens (tertiary/aromatic N) is 3. The van der Waals surface area contributed by atoms with Crippen LogP contribution in [-0.4, -0.2) is 26.7 Å². The molecule has 0 aliphatic carbocycles. The molecular weight excluding hydrogens is 324 g/mol. The van der Waals surface area contributed by atoms with Crippen LogP contribution in [0, 0.1) is 13.8 Å². The highest BCUT2D eigenvalue weighted by atomic mass is 16.3. The van der Waals surface area contributed by atoms with Crippen molar-refractivity contribution in [1.29, 1.82) is 0 Å². The highest BCUT2D eigenvalue weighted by Gasteiger charge is 2.16. The number of carbonyl (C=O) groups is 2. The third kappa shape index (κ3) is 3.98. The number of urea groups is 1. The van der Waals surface area contributed by atoms with E-state index in [1.54, 1.807) is 19.9 Å². The van der Waals surface area contributed by atoms with Crippen molar-refractivity contribution in [2.24, 2.45) is 0 Å². The Bertz CT molecular complexity index is 779. The zero-order valence-corrected chi connectivity index (χ0v) is 14.4. The number of fused-ring (bicyclic) bond motifs is 1. The van der Waals surface area contributed by atoms with Crippen LogP contribution in [0.5, 0.6) is 0 Å². The van der Waals surface area contributed by atoms with Crippen molar-refractivity contribution in [2.45, 2.75) is 52.6 Å². The first-order valence-corrected chi connectivity index (χ1v) is 8.37. The topological polar surface area (TPSA) is 114 Å². The molecule has 0 saturated carbocycles. The predicted molar refractivity (Wildman–Crippen MR) is 88.6 cm³/mol. The van der Waals surface area contributed by atoms with E-state index < -0.39 is 11.9 Å². The van der Waals surface area contributed by atoms with Crippen molar-refractivity contribution in [1.82, 2.24) is 30.9 Å². The standard InChI is InChI=1S/C16H22N6O3/c1-10-8-12(11(2)25-10)15(23)20-21-16(24)17-9-14-19-18-13-6-4-3-5-7-22(13)14/h8H,3-7,9H2,1-2H3,(H,20,23)(H2,17,21,24). The summed E-state index contributed by atoms with van der Waals surface area (Å²) in [6.45, 7) is 4.57. The second kappa shape index (κ2) is 7.37. The molecule has 3 heterocycles. The smallest absolute Gasteiger partial charge is 0.333 e. The Morgan fingerprint density at radius 3 is 2.80 bits per heavy atom. The van der Waals surface area contributed by atoms with E-state index in [1.807, 2.05) is 0 Å². The molecule has 9 heteroatoms. The quantitative estimate of drug-likeness (QED) is 0.726. The van der Waals surface area contributed by atoms with Gasteiger partial charge < -0.3 is 14.3 Å². The maximum Gasteiger partial charge on any atom is 0.333 e. The van der Waals surface area contributed by atoms with E-state index in [9.17, 15) is 9.59 Å². The average molecular weight is 346 g/mol. The third-order valence-electron chi connectivity index (χ3n) is 4.17. The minimum absolute atomic E-state index is 0.249. The van der Waals surface area contributed by atoms with Crippen LogP contribution < -0.4 is 16.2 Å². The molecule has 3 rings (SSSR count). The molecule has 3 amide bonds. The number of hydrogen-bond acceptors (Lipinski definition) is 5. The molecule has 1 aliphatic heterocycles. The second-order valence-electron chi connectivity index (χ2n) is 6.08. The summed E-state index contributed by atoms with van der Waals surface area (Å²) in [6, 6.07) is 1.10. The maximum atomic E-state index is 12.0. The molecule has 0 fully saturated rings. The van der Waals surface area contributed by atoms with E-state index in [0.29, 0.717) is 17.1 Å². The molecule has 0 saturated heterocycles. The summed E-state index contributed by atoms with van der Waals surface area (Å²) < 4.78 is 7.35. The van der Waals surface area contributed by atoms with Crippen molar-refractivity contribution in [3.05, 3.63) is 34.8 Å². The fourth-order valence-corrected chi connectivity index (χ4v) is 2.92. The summed E-state index contributed by atoms with van der Waals surface area (Å²) in [5.74, 6) is 2.40. The predicted octanol–water partition coefficient (Wildman–Crippen LogP) is 1.36. The molecule has 2 aromatic heterocycles. The van der Waals surface area contributed by atoms with E-state index in [0.717, 1.165) is 37.5 Å². The lowest BCUT2D eigenvalue weighted by Crippen LogP contribution is -2.47. The van der Waals surface area contributed by atoms with E-state index in [1.165, 1.54) is 6.42 Å². The van der Waals surface area contributed by atoms with Gasteiger partial charge in [0.25, 0.3) is 5.91 Å². The minimum Gasteiger partial charge on any atom is -0.466 e. The molecule has 0 spiro atoms. The molecule has 0 aromatic carbocycles. The van der Waals surface area contributed by atoms with Crippen molar-refractivity contribution >= 4 is 11.9 Å². The fourth-order valence-electron chi connectivity index (χ4n) is 2.92. The van der Waals surface area contributed by atoms with Gasteiger partial charge in [-0.2, -0.15) is 0 Å². The Hall–Kier alpha value is -2.84. The summed E-state index contributed by atoms with van der Waals surface area (Å²) in [5.41, 5.74) is 5.06. The molecule has 0 radical (unpaired) electrons. The molecule has 134 valence electrons. The Labute approximate surface area is 145 Å². The number of nitrogens with one attached hydrogen (secondary N) is 3. The normalized spacial score (nSPS) is 13.7. The number of rotatable bonds is 3. The van der Waals surface area contributed by atoms with E-state index in [2.05, 4.69) is 30.9 Å². The molecule has 1 aliphatic rings. The van der Waals surface area contributed by atoms with Crippen LogP contribution in [0.3, 0.4) is 0 Å². The Morgan fingerprint density at radius 2 is 2.04 bits per heavy atom. The van der Waals surface area contributed by atoms with E-state index in [4.69, 9.17) is 4.42 Å². The van der Waals surface area contributed by atoms with Gasteiger partial charge in [-0.25, -0.2) is 10.2 Å². The van der Waals surface area contributed by atoms with Gasteiger partial charge in [-0.1, -0.05) is 6.42 Å². The summed E-state index contributed by atoms with van der Waals surface area (Å²) in [4.78, 5) is 23.9. The number of aryl methyl sites for hydroxylation is 3. The van der Waals surface area contributed by atoms with Crippen molar-refractivity contribution in [3.63, 3.8) is 0 Å². The lowest BCUT2D eigenvalue weighted by atomic mass is 10.2. The largest absolute Gasteiger partial charge is 0.466 e. The Kier molecular flexibility index (Phi) is 5.01. The minimum atomic E-state index is -0.516. The Balaban J connectivity index is 1.49. The van der Waals surface area contributed by atoms with Crippen LogP contribution >= 0.6 is 0 Å². The van der Waals surface area contributed by atoms with Crippen molar-refractivity contribution < 1.29 is 14.0 Å². The maximum absolute atomic E-state index is 12.0. The zero-order valence-electron chi connectivity index (χ0n) is 14.4. The number of aromatic nitrogens is 3. The van der Waals surface area contributed by atoms with Crippen LogP contribution in [0.1, 0.15) is 52.8 Å². The number of hydrazine groups is 1. The summed E-state index contributed by atoms with van der Waals surface area (Å²) >= 11 is 0. The summed E-state index contributed by atoms with van der Waals surface area (Å²) in [6.07, 6.45) is 4.29. The molecule has 9 nitrogen and oxygen atoms in total. The molecule has 25 heavy (non-hydrogen) atoms. The van der Waals surface area contributed by atoms with Crippen molar-refractivity contribution in [2.75, 3.05) is 0 Å². The van der Waals surface area contributed by atoms with Crippen LogP contribution in [0.15, 0.2) is 10.5 Å². The van der Waals surface area contributed by atoms with Gasteiger partial charge in [0.2, 0.25) is 0 Å². The van der Waals surface area contributed by atoms with E-state index >= 15 is 0 Å². The third-order valence-corrected chi connectivity index (χ3v) is 4.17. The van der Waals surface area contributed by atoms with E-state index in [-0.39, 0.29) is 6.54 Å². The molecule has 3 N–H and O–H groups in total. The molecular formula is C16H22N6O3. The molecule has 2 aromatic rings. The van der Waals surface area contributed by atoms with Crippen LogP contribution in [0.25, 0.3) is 0 Å². The van der Waals surface area contributed by atoms with Crippen LogP contribution in [0.4, 0.5) is 4.79 Å². The first kappa shape index (κ1) is 17.0. The van der Waals surface area contributed by atoms with Gasteiger partial charge in [-0.05, 0) is 32.8 Å². The van der Waals surface area contributed by atoms with Crippen LogP contribution in [0.2, 0.25) is 0 Å². The van der Waals surface area contributed by atoms with Gasteiger partial charge >= 0.3 is 6.03 Å². The van der Waals surface area contributed by atoms with Gasteiger partial charge in [-0.3, -0.25) is 10.2 Å². The number of hydrogen-bond donors (Lipinski definition) is 3. The second-order valence-corrected chi connectivity index (χ2v) is 6.08. The average Bonchev–Trinajstić information content (AvgIpc) is 3.03. The summed E-state index contributed by atoms with van der Waals surface area (Å²) in [7, 11) is 0. The fraction of sp³-hybridized carbons (Fsp3) is 0.500. The molecule has 0 unspecified atom stereocenters. The SMILES string of the molecule is Cc1cc(C(=O)NNC(=O)NCc2nnc3n2CCCCC3)c(C)o1. The number of carbonyl (C=O) groups excluding carboxylic acids is 2. The first-order chi connectivity index (χ1) is 12.0. The van der Waals surface area contributed by atoms with Gasteiger partial charge in [-0.15, -0.1) is 10.2 Å². The lowest BCUT2D eigenvalue weighted by molar-refractivity contribution is 0.0934. The lowest BCUT2D eigenvalue weighted by Gasteiger charge is -2.10. The zero-order chi connectivity index (χ0) is 17.8. The van der Waals surface area contributed by atoms with Gasteiger partial charge in [0.05, 0.1) is 12.1 Å². The van der Waals surface area contributed by atoms with Gasteiger partial charge in [0, 0.05) is 13.0 Å². The highest BCUT2D eigenvalue weighted by Crippen LogP contribution is 2.14. The van der Waals surface area contributed by atoms with Gasteiger partial charge in [0.15, 0.2) is 5.82 Å². The molecule has 0 atom stereocenters. The Morgan fingerprint density at radius 1 is 1.20 bits per heavy atom. The molecule has 0 bridgehead atoms. The summed E-state index contributed by atoms with van der Waals surface area (Å²) in [5, 5.41) is 11.0.